The molecule has 0 unspecified atom stereocenters. The zero-order valence-corrected chi connectivity index (χ0v) is 9.56. The van der Waals surface area contributed by atoms with Crippen molar-refractivity contribution in [1.82, 2.24) is 25.2 Å². The maximum Gasteiger partial charge on any atom is 0.246 e. The van der Waals surface area contributed by atoms with E-state index in [1.54, 1.807) is 30.6 Å². The largest absolute Gasteiger partial charge is 0.456 e. The van der Waals surface area contributed by atoms with Gasteiger partial charge in [-0.2, -0.15) is 0 Å². The summed E-state index contributed by atoms with van der Waals surface area (Å²) in [6.45, 7) is 0. The number of hydrogen-bond donors (Lipinski definition) is 0. The smallest absolute Gasteiger partial charge is 0.246 e. The Morgan fingerprint density at radius 2 is 2.16 bits per heavy atom. The number of ether oxygens (including phenoxy) is 1. The molecule has 2 aromatic heterocycles. The molecule has 0 bridgehead atoms. The van der Waals surface area contributed by atoms with E-state index >= 15 is 0 Å². The van der Waals surface area contributed by atoms with Crippen molar-refractivity contribution < 1.29 is 9.13 Å². The molecular weight excluding hydrogens is 249 g/mol. The summed E-state index contributed by atoms with van der Waals surface area (Å²) in [5.41, 5.74) is 0.173. The van der Waals surface area contributed by atoms with Crippen molar-refractivity contribution in [3.8, 4) is 17.2 Å². The molecule has 93 valence electrons. The van der Waals surface area contributed by atoms with Crippen LogP contribution < -0.4 is 4.74 Å². The molecule has 6 nitrogen and oxygen atoms in total. The molecule has 3 rings (SSSR count). The molecule has 0 spiro atoms. The van der Waals surface area contributed by atoms with Gasteiger partial charge < -0.3 is 4.74 Å². The normalized spacial score (nSPS) is 10.4. The van der Waals surface area contributed by atoms with E-state index in [-0.39, 0.29) is 5.69 Å². The molecule has 0 aliphatic carbocycles. The van der Waals surface area contributed by atoms with Crippen LogP contribution in [0.1, 0.15) is 0 Å². The molecule has 3 aromatic rings. The minimum atomic E-state index is -0.521. The summed E-state index contributed by atoms with van der Waals surface area (Å²) in [5.74, 6) is 0.369. The Morgan fingerprint density at radius 3 is 2.84 bits per heavy atom. The van der Waals surface area contributed by atoms with Crippen molar-refractivity contribution in [2.75, 3.05) is 0 Å². The maximum atomic E-state index is 13.9. The zero-order chi connectivity index (χ0) is 13.1. The van der Waals surface area contributed by atoms with Crippen LogP contribution >= 0.6 is 0 Å². The van der Waals surface area contributed by atoms with Crippen molar-refractivity contribution in [3.63, 3.8) is 0 Å². The summed E-state index contributed by atoms with van der Waals surface area (Å²) < 4.78 is 19.3. The highest BCUT2D eigenvalue weighted by Gasteiger charge is 2.08. The fourth-order valence-corrected chi connectivity index (χ4v) is 1.50. The van der Waals surface area contributed by atoms with E-state index in [0.717, 1.165) is 4.80 Å². The maximum absolute atomic E-state index is 13.9. The van der Waals surface area contributed by atoms with Gasteiger partial charge in [0.1, 0.15) is 17.2 Å². The van der Waals surface area contributed by atoms with Crippen LogP contribution in [0.5, 0.6) is 11.5 Å². The van der Waals surface area contributed by atoms with Crippen LogP contribution in [0.2, 0.25) is 0 Å². The Morgan fingerprint density at radius 1 is 1.21 bits per heavy atom. The van der Waals surface area contributed by atoms with Crippen LogP contribution in [-0.2, 0) is 0 Å². The average molecular weight is 256 g/mol. The highest BCUT2D eigenvalue weighted by atomic mass is 19.1. The molecule has 0 N–H and O–H groups in total. The molecule has 0 amide bonds. The second-order valence-corrected chi connectivity index (χ2v) is 3.58. The molecule has 0 saturated heterocycles. The number of benzene rings is 1. The van der Waals surface area contributed by atoms with E-state index in [0.29, 0.717) is 11.5 Å². The van der Waals surface area contributed by atoms with Gasteiger partial charge in [-0.15, -0.1) is 15.0 Å². The van der Waals surface area contributed by atoms with Gasteiger partial charge in [-0.3, -0.25) is 4.98 Å². The fraction of sp³-hybridized carbons (Fsp3) is 0. The standard InChI is InChI=1S/C12H7FN5O/c13-11-6-9(19-10-2-1-5-14-7-10)3-4-12(11)18-16-8-15-17-18/h1-7H. The van der Waals surface area contributed by atoms with Gasteiger partial charge in [-0.1, -0.05) is 0 Å². The van der Waals surface area contributed by atoms with Crippen molar-refractivity contribution in [3.05, 3.63) is 54.9 Å². The molecular formula is C12H7FN5O. The molecule has 1 radical (unpaired) electrons. The first kappa shape index (κ1) is 11.3. The van der Waals surface area contributed by atoms with Crippen LogP contribution in [-0.4, -0.2) is 25.2 Å². The molecule has 19 heavy (non-hydrogen) atoms. The predicted octanol–water partition coefficient (Wildman–Crippen LogP) is 1.79. The van der Waals surface area contributed by atoms with Crippen molar-refractivity contribution >= 4 is 0 Å². The highest BCUT2D eigenvalue weighted by Crippen LogP contribution is 2.23. The SMILES string of the molecule is Fc1cc(Oc2cccnc2)ccc1-n1n[c]nn1. The molecule has 2 heterocycles. The topological polar surface area (TPSA) is 65.7 Å². The molecule has 7 heteroatoms. The van der Waals surface area contributed by atoms with Gasteiger partial charge in [-0.05, 0) is 29.5 Å². The van der Waals surface area contributed by atoms with E-state index in [4.69, 9.17) is 4.74 Å². The summed E-state index contributed by atoms with van der Waals surface area (Å²) >= 11 is 0. The number of nitrogens with zero attached hydrogens (tertiary/aromatic N) is 5. The molecule has 0 aliphatic rings. The molecule has 0 saturated carbocycles. The van der Waals surface area contributed by atoms with Gasteiger partial charge >= 0.3 is 0 Å². The molecule has 0 atom stereocenters. The quantitative estimate of drug-likeness (QED) is 0.714. The summed E-state index contributed by atoms with van der Waals surface area (Å²) in [4.78, 5) is 4.95. The van der Waals surface area contributed by atoms with Gasteiger partial charge in [0, 0.05) is 12.3 Å². The first-order chi connectivity index (χ1) is 9.33. The Bertz CT molecular complexity index is 672. The predicted molar refractivity (Wildman–Crippen MR) is 62.3 cm³/mol. The molecule has 0 fully saturated rings. The van der Waals surface area contributed by atoms with Gasteiger partial charge in [0.25, 0.3) is 0 Å². The first-order valence-electron chi connectivity index (χ1n) is 5.37. The third kappa shape index (κ3) is 2.39. The summed E-state index contributed by atoms with van der Waals surface area (Å²) in [6, 6.07) is 7.80. The number of rotatable bonds is 3. The van der Waals surface area contributed by atoms with E-state index in [1.165, 1.54) is 12.1 Å². The number of aromatic nitrogens is 5. The third-order valence-corrected chi connectivity index (χ3v) is 2.32. The summed E-state index contributed by atoms with van der Waals surface area (Å²) in [5, 5.41) is 10.6. The molecule has 0 aliphatic heterocycles. The van der Waals surface area contributed by atoms with Crippen LogP contribution in [0.15, 0.2) is 42.7 Å². The van der Waals surface area contributed by atoms with E-state index in [1.807, 2.05) is 0 Å². The van der Waals surface area contributed by atoms with Gasteiger partial charge in [0.2, 0.25) is 6.33 Å². The minimum absolute atomic E-state index is 0.173. The number of pyridine rings is 1. The second kappa shape index (κ2) is 4.81. The first-order valence-corrected chi connectivity index (χ1v) is 5.37. The minimum Gasteiger partial charge on any atom is -0.456 e. The third-order valence-electron chi connectivity index (χ3n) is 2.32. The van der Waals surface area contributed by atoms with Gasteiger partial charge in [0.05, 0.1) is 6.20 Å². The van der Waals surface area contributed by atoms with Crippen LogP contribution in [0.25, 0.3) is 5.69 Å². The number of tetrazole rings is 1. The lowest BCUT2D eigenvalue weighted by Gasteiger charge is -2.06. The van der Waals surface area contributed by atoms with Gasteiger partial charge in [-0.25, -0.2) is 4.39 Å². The van der Waals surface area contributed by atoms with Crippen LogP contribution in [0.4, 0.5) is 4.39 Å². The summed E-state index contributed by atoms with van der Waals surface area (Å²) in [7, 11) is 0. The summed E-state index contributed by atoms with van der Waals surface area (Å²) in [6.07, 6.45) is 5.43. The number of hydrogen-bond acceptors (Lipinski definition) is 5. The Hall–Kier alpha value is -2.83. The highest BCUT2D eigenvalue weighted by molar-refractivity contribution is 5.39. The van der Waals surface area contributed by atoms with Crippen LogP contribution in [0.3, 0.4) is 0 Å². The van der Waals surface area contributed by atoms with Crippen molar-refractivity contribution in [1.29, 1.82) is 0 Å². The lowest BCUT2D eigenvalue weighted by atomic mass is 10.3. The van der Waals surface area contributed by atoms with E-state index < -0.39 is 5.82 Å². The number of halogens is 1. The van der Waals surface area contributed by atoms with E-state index in [2.05, 4.69) is 26.7 Å². The average Bonchev–Trinajstić information content (AvgIpc) is 2.94. The van der Waals surface area contributed by atoms with Crippen LogP contribution in [0, 0.1) is 12.1 Å². The van der Waals surface area contributed by atoms with Crippen molar-refractivity contribution in [2.45, 2.75) is 0 Å². The molecule has 1 aromatic carbocycles. The van der Waals surface area contributed by atoms with Crippen molar-refractivity contribution in [2.24, 2.45) is 0 Å². The Kier molecular flexibility index (Phi) is 2.85. The Labute approximate surface area is 107 Å². The monoisotopic (exact) mass is 256 g/mol. The lowest BCUT2D eigenvalue weighted by molar-refractivity contribution is 0.473. The fourth-order valence-electron chi connectivity index (χ4n) is 1.50. The van der Waals surface area contributed by atoms with Gasteiger partial charge in [0.15, 0.2) is 5.82 Å². The van der Waals surface area contributed by atoms with E-state index in [9.17, 15) is 4.39 Å². The second-order valence-electron chi connectivity index (χ2n) is 3.58. The zero-order valence-electron chi connectivity index (χ0n) is 9.56. The lowest BCUT2D eigenvalue weighted by Crippen LogP contribution is -2.02. The Balaban J connectivity index is 1.88.